The number of nitrogens with two attached hydrogens (primary N) is 1. The Bertz CT molecular complexity index is 1460. The van der Waals surface area contributed by atoms with Crippen LogP contribution in [0.15, 0.2) is 0 Å². The standard InChI is InChI=1S/C40H64N6O7/c1-37(2,3)31(44-35(51)29(25-14-8-7-9-15-25)43-34(50)28-22-53-19-18-45(28)6)36(52)46-23-40(38(4,5)39(40)16-11-17-39)21-27(46)33(49)42-26(30(47)32(41)48)20-24-12-10-13-24/h24-29,31H,7-23H2,1-6H3,(H2,41,48)(H,42,49)(H,43,50)(H,44,51)/t26?,27-,28-,29-,31+,40+/m0/s1. The number of hydrogen-bond donors (Lipinski definition) is 4. The molecule has 2 spiro atoms. The van der Waals surface area contributed by atoms with E-state index in [0.717, 1.165) is 70.6 Å². The fourth-order valence-electron chi connectivity index (χ4n) is 10.9. The number of likely N-dealkylation sites (N-methyl/N-ethyl adjacent to an activating group) is 1. The van der Waals surface area contributed by atoms with Crippen LogP contribution in [-0.4, -0.2) is 109 Å². The molecule has 6 atom stereocenters. The van der Waals surface area contributed by atoms with Gasteiger partial charge in [-0.1, -0.05) is 79.6 Å². The highest BCUT2D eigenvalue weighted by molar-refractivity contribution is 6.37. The average molecular weight is 741 g/mol. The monoisotopic (exact) mass is 740 g/mol. The molecule has 1 unspecified atom stereocenters. The molecule has 2 saturated heterocycles. The number of carbonyl (C=O) groups is 6. The molecule has 0 aromatic carbocycles. The third-order valence-electron chi connectivity index (χ3n) is 14.9. The van der Waals surface area contributed by atoms with Gasteiger partial charge in [-0.15, -0.1) is 0 Å². The summed E-state index contributed by atoms with van der Waals surface area (Å²) >= 11 is 0. The van der Waals surface area contributed by atoms with Gasteiger partial charge < -0.3 is 31.3 Å². The average Bonchev–Trinajstić information content (AvgIpc) is 3.27. The minimum Gasteiger partial charge on any atom is -0.378 e. The highest BCUT2D eigenvalue weighted by Gasteiger charge is 2.85. The number of ether oxygens (including phenoxy) is 1. The molecule has 2 aliphatic heterocycles. The maximum atomic E-state index is 15.0. The number of fused-ring (bicyclic) bond motifs is 1. The fourth-order valence-corrected chi connectivity index (χ4v) is 10.9. The minimum absolute atomic E-state index is 0.0226. The first-order valence-electron chi connectivity index (χ1n) is 20.3. The predicted octanol–water partition coefficient (Wildman–Crippen LogP) is 2.44. The van der Waals surface area contributed by atoms with Crippen LogP contribution in [0.25, 0.3) is 0 Å². The van der Waals surface area contributed by atoms with Crippen molar-refractivity contribution in [2.45, 2.75) is 148 Å². The second kappa shape index (κ2) is 14.9. The molecule has 0 radical (unpaired) electrons. The zero-order valence-electron chi connectivity index (χ0n) is 32.9. The van der Waals surface area contributed by atoms with Gasteiger partial charge in [0.15, 0.2) is 0 Å². The summed E-state index contributed by atoms with van der Waals surface area (Å²) in [6.45, 7) is 11.9. The first-order chi connectivity index (χ1) is 24.9. The van der Waals surface area contributed by atoms with Crippen LogP contribution in [0, 0.1) is 33.5 Å². The van der Waals surface area contributed by atoms with Crippen LogP contribution in [0.4, 0.5) is 0 Å². The van der Waals surface area contributed by atoms with E-state index in [2.05, 4.69) is 29.8 Å². The summed E-state index contributed by atoms with van der Waals surface area (Å²) in [5.74, 6) is -3.24. The molecule has 6 aliphatic rings. The Morgan fingerprint density at radius 1 is 0.849 bits per heavy atom. The van der Waals surface area contributed by atoms with E-state index in [0.29, 0.717) is 32.5 Å². The van der Waals surface area contributed by atoms with Crippen molar-refractivity contribution in [3.8, 4) is 0 Å². The van der Waals surface area contributed by atoms with E-state index >= 15 is 4.79 Å². The number of hydrogen-bond acceptors (Lipinski definition) is 8. The van der Waals surface area contributed by atoms with Crippen molar-refractivity contribution in [1.82, 2.24) is 25.8 Å². The van der Waals surface area contributed by atoms with Gasteiger partial charge >= 0.3 is 0 Å². The van der Waals surface area contributed by atoms with E-state index in [9.17, 15) is 24.0 Å². The Labute approximate surface area is 315 Å². The molecular weight excluding hydrogens is 676 g/mol. The molecule has 0 bridgehead atoms. The lowest BCUT2D eigenvalue weighted by atomic mass is 9.73. The number of carbonyl (C=O) groups excluding carboxylic acids is 6. The Kier molecular flexibility index (Phi) is 11.1. The van der Waals surface area contributed by atoms with Crippen molar-refractivity contribution in [3.63, 3.8) is 0 Å². The first kappa shape index (κ1) is 39.6. The van der Waals surface area contributed by atoms with Gasteiger partial charge in [-0.25, -0.2) is 0 Å². The topological polar surface area (TPSA) is 180 Å². The van der Waals surface area contributed by atoms with Gasteiger partial charge in [-0.05, 0) is 73.7 Å². The maximum absolute atomic E-state index is 15.0. The van der Waals surface area contributed by atoms with Gasteiger partial charge in [-0.3, -0.25) is 33.7 Å². The lowest BCUT2D eigenvalue weighted by molar-refractivity contribution is -0.146. The third-order valence-corrected chi connectivity index (χ3v) is 14.9. The smallest absolute Gasteiger partial charge is 0.287 e. The van der Waals surface area contributed by atoms with Gasteiger partial charge in [0.25, 0.3) is 5.91 Å². The van der Waals surface area contributed by atoms with Gasteiger partial charge in [0.2, 0.25) is 29.4 Å². The number of likely N-dealkylation sites (tertiary alicyclic amines) is 1. The number of nitrogens with zero attached hydrogens (tertiary/aromatic N) is 2. The maximum Gasteiger partial charge on any atom is 0.287 e. The summed E-state index contributed by atoms with van der Waals surface area (Å²) in [4.78, 5) is 86.1. The van der Waals surface area contributed by atoms with E-state index in [4.69, 9.17) is 10.5 Å². The second-order valence-corrected chi connectivity index (χ2v) is 18.9. The molecule has 5 N–H and O–H groups in total. The summed E-state index contributed by atoms with van der Waals surface area (Å²) < 4.78 is 5.60. The van der Waals surface area contributed by atoms with Gasteiger partial charge in [0.05, 0.1) is 19.3 Å². The van der Waals surface area contributed by atoms with Crippen molar-refractivity contribution < 1.29 is 33.5 Å². The molecule has 0 aromatic heterocycles. The third kappa shape index (κ3) is 7.13. The molecule has 2 heterocycles. The van der Waals surface area contributed by atoms with Crippen LogP contribution in [-0.2, 0) is 33.5 Å². The van der Waals surface area contributed by atoms with Gasteiger partial charge in [0, 0.05) is 18.5 Å². The quantitative estimate of drug-likeness (QED) is 0.220. The highest BCUT2D eigenvalue weighted by atomic mass is 16.5. The molecule has 6 rings (SSSR count). The molecule has 4 aliphatic carbocycles. The summed E-state index contributed by atoms with van der Waals surface area (Å²) in [5.41, 5.74) is 4.33. The molecule has 5 amide bonds. The number of ketones is 1. The normalized spacial score (nSPS) is 30.0. The van der Waals surface area contributed by atoms with Crippen LogP contribution < -0.4 is 21.7 Å². The highest BCUT2D eigenvalue weighted by Crippen LogP contribution is 2.88. The molecule has 53 heavy (non-hydrogen) atoms. The van der Waals surface area contributed by atoms with Crippen LogP contribution in [0.3, 0.4) is 0 Å². The van der Waals surface area contributed by atoms with Crippen molar-refractivity contribution in [1.29, 1.82) is 0 Å². The number of amides is 5. The zero-order chi connectivity index (χ0) is 38.5. The van der Waals surface area contributed by atoms with Gasteiger partial charge in [-0.2, -0.15) is 0 Å². The Morgan fingerprint density at radius 2 is 1.51 bits per heavy atom. The molecule has 13 heteroatoms. The molecule has 0 aromatic rings. The van der Waals surface area contributed by atoms with Gasteiger partial charge in [0.1, 0.15) is 24.2 Å². The van der Waals surface area contributed by atoms with Crippen molar-refractivity contribution in [2.75, 3.05) is 33.4 Å². The largest absolute Gasteiger partial charge is 0.378 e. The predicted molar refractivity (Wildman–Crippen MR) is 198 cm³/mol. The number of rotatable bonds is 12. The Hall–Kier alpha value is -3.06. The van der Waals surface area contributed by atoms with Crippen LogP contribution >= 0.6 is 0 Å². The number of Topliss-reactive ketones (excluding diaryl/α,β-unsaturated/α-hetero) is 1. The molecule has 13 nitrogen and oxygen atoms in total. The summed E-state index contributed by atoms with van der Waals surface area (Å²) in [6.07, 6.45) is 11.4. The van der Waals surface area contributed by atoms with Crippen LogP contribution in [0.5, 0.6) is 0 Å². The number of nitrogens with one attached hydrogen (secondary N) is 3. The fraction of sp³-hybridized carbons (Fsp3) is 0.850. The summed E-state index contributed by atoms with van der Waals surface area (Å²) in [5, 5.41) is 9.06. The van der Waals surface area contributed by atoms with E-state index in [-0.39, 0.29) is 46.5 Å². The van der Waals surface area contributed by atoms with Crippen molar-refractivity contribution >= 4 is 35.3 Å². The van der Waals surface area contributed by atoms with E-state index in [1.54, 1.807) is 4.90 Å². The minimum atomic E-state index is -1.08. The number of morpholine rings is 1. The molecule has 4 saturated carbocycles. The first-order valence-corrected chi connectivity index (χ1v) is 20.3. The Morgan fingerprint density at radius 3 is 2.04 bits per heavy atom. The van der Waals surface area contributed by atoms with E-state index < -0.39 is 59.1 Å². The van der Waals surface area contributed by atoms with E-state index in [1.165, 1.54) is 0 Å². The summed E-state index contributed by atoms with van der Waals surface area (Å²) in [6, 6.07) is -4.27. The second-order valence-electron chi connectivity index (χ2n) is 18.9. The molecule has 296 valence electrons. The van der Waals surface area contributed by atoms with Crippen LogP contribution in [0.1, 0.15) is 118 Å². The number of primary amides is 1. The lowest BCUT2D eigenvalue weighted by Gasteiger charge is -2.38. The summed E-state index contributed by atoms with van der Waals surface area (Å²) in [7, 11) is 1.88. The molecule has 6 fully saturated rings. The zero-order valence-corrected chi connectivity index (χ0v) is 32.9. The van der Waals surface area contributed by atoms with Crippen molar-refractivity contribution in [3.05, 3.63) is 0 Å². The Balaban J connectivity index is 1.27. The van der Waals surface area contributed by atoms with Crippen molar-refractivity contribution in [2.24, 2.45) is 39.2 Å². The van der Waals surface area contributed by atoms with E-state index in [1.807, 2.05) is 32.7 Å². The molecular formula is C40H64N6O7. The van der Waals surface area contributed by atoms with Crippen LogP contribution in [0.2, 0.25) is 0 Å². The lowest BCUT2D eigenvalue weighted by Crippen LogP contribution is -2.63. The SMILES string of the molecule is CN1CCOC[C@H]1C(=O)N[C@H](C(=O)N[C@H](C(=O)N1C[C@]2(C[C@H]1C(=O)NC(CC1CCC1)C(=O)C(N)=O)C(C)(C)C21CCC1)C(C)(C)C)C1CCCCC1.